The highest BCUT2D eigenvalue weighted by atomic mass is 35.5. The summed E-state index contributed by atoms with van der Waals surface area (Å²) in [5.74, 6) is 0. The van der Waals surface area contributed by atoms with Gasteiger partial charge in [-0.3, -0.25) is 0 Å². The largest absolute Gasteiger partial charge is 0.310 e. The molecule has 0 atom stereocenters. The van der Waals surface area contributed by atoms with Crippen molar-refractivity contribution in [3.8, 4) is 5.69 Å². The summed E-state index contributed by atoms with van der Waals surface area (Å²) in [4.78, 5) is 0. The van der Waals surface area contributed by atoms with E-state index in [1.807, 2.05) is 35.1 Å². The van der Waals surface area contributed by atoms with Gasteiger partial charge in [-0.2, -0.15) is 5.10 Å². The van der Waals surface area contributed by atoms with Crippen LogP contribution in [0, 0.1) is 0 Å². The van der Waals surface area contributed by atoms with Crippen molar-refractivity contribution in [1.82, 2.24) is 15.1 Å². The van der Waals surface area contributed by atoms with Crippen LogP contribution in [0.25, 0.3) is 16.6 Å². The van der Waals surface area contributed by atoms with E-state index in [0.29, 0.717) is 6.04 Å². The number of fused-ring (bicyclic) bond motifs is 1. The van der Waals surface area contributed by atoms with Crippen LogP contribution in [0.15, 0.2) is 48.7 Å². The monoisotopic (exact) mass is 297 g/mol. The fourth-order valence-electron chi connectivity index (χ4n) is 2.62. The molecule has 3 nitrogen and oxygen atoms in total. The first-order valence-corrected chi connectivity index (χ1v) is 7.64. The maximum atomic E-state index is 6.42. The third-order valence-electron chi connectivity index (χ3n) is 3.94. The molecule has 0 spiro atoms. The lowest BCUT2D eigenvalue weighted by Gasteiger charge is -2.13. The summed E-state index contributed by atoms with van der Waals surface area (Å²) < 4.78 is 1.98. The van der Waals surface area contributed by atoms with Crippen LogP contribution in [0.2, 0.25) is 5.02 Å². The van der Waals surface area contributed by atoms with Gasteiger partial charge in [-0.05, 0) is 31.0 Å². The minimum Gasteiger partial charge on any atom is -0.310 e. The van der Waals surface area contributed by atoms with E-state index in [1.54, 1.807) is 0 Å². The van der Waals surface area contributed by atoms with Gasteiger partial charge >= 0.3 is 0 Å². The number of hydrogen-bond acceptors (Lipinski definition) is 2. The molecule has 106 valence electrons. The maximum Gasteiger partial charge on any atom is 0.0741 e. The van der Waals surface area contributed by atoms with Crippen molar-refractivity contribution in [1.29, 1.82) is 0 Å². The Bertz CT molecular complexity index is 790. The fourth-order valence-corrected chi connectivity index (χ4v) is 2.85. The Morgan fingerprint density at radius 2 is 2.00 bits per heavy atom. The van der Waals surface area contributed by atoms with Gasteiger partial charge in [0.05, 0.1) is 17.4 Å². The summed E-state index contributed by atoms with van der Waals surface area (Å²) in [5.41, 5.74) is 3.27. The Balaban J connectivity index is 1.81. The molecule has 4 heteroatoms. The predicted molar refractivity (Wildman–Crippen MR) is 85.9 cm³/mol. The first-order chi connectivity index (χ1) is 10.3. The minimum atomic E-state index is 0.656. The Hall–Kier alpha value is -1.84. The average Bonchev–Trinajstić information content (AvgIpc) is 3.23. The quantitative estimate of drug-likeness (QED) is 0.791. The van der Waals surface area contributed by atoms with Gasteiger partial charge in [-0.1, -0.05) is 35.9 Å². The third-order valence-corrected chi connectivity index (χ3v) is 4.30. The van der Waals surface area contributed by atoms with E-state index >= 15 is 0 Å². The van der Waals surface area contributed by atoms with Crippen LogP contribution < -0.4 is 5.32 Å². The van der Waals surface area contributed by atoms with Gasteiger partial charge in [0.1, 0.15) is 0 Å². The highest BCUT2D eigenvalue weighted by Crippen LogP contribution is 2.27. The Morgan fingerprint density at radius 1 is 1.14 bits per heavy atom. The van der Waals surface area contributed by atoms with Crippen LogP contribution in [0.4, 0.5) is 0 Å². The van der Waals surface area contributed by atoms with Crippen LogP contribution >= 0.6 is 11.6 Å². The van der Waals surface area contributed by atoms with Gasteiger partial charge in [0.25, 0.3) is 0 Å². The summed E-state index contributed by atoms with van der Waals surface area (Å²) in [7, 11) is 0. The molecule has 0 aliphatic heterocycles. The number of hydrogen-bond donors (Lipinski definition) is 1. The van der Waals surface area contributed by atoms with E-state index in [9.17, 15) is 0 Å². The van der Waals surface area contributed by atoms with Gasteiger partial charge in [0.2, 0.25) is 0 Å². The minimum absolute atomic E-state index is 0.656. The molecular formula is C17H16ClN3. The standard InChI is InChI=1S/C17H16ClN3/c18-15-5-3-7-17(14(15)11-19-13-8-9-13)21-16-6-2-1-4-12(16)10-20-21/h1-7,10,13,19H,8-9,11H2. The van der Waals surface area contributed by atoms with E-state index < -0.39 is 0 Å². The zero-order chi connectivity index (χ0) is 14.2. The molecule has 1 heterocycles. The molecular weight excluding hydrogens is 282 g/mol. The second kappa shape index (κ2) is 5.17. The highest BCUT2D eigenvalue weighted by Gasteiger charge is 2.21. The van der Waals surface area contributed by atoms with Crippen molar-refractivity contribution in [2.75, 3.05) is 0 Å². The Labute approximate surface area is 128 Å². The summed E-state index contributed by atoms with van der Waals surface area (Å²) in [6.45, 7) is 0.786. The predicted octanol–water partition coefficient (Wildman–Crippen LogP) is 3.93. The Morgan fingerprint density at radius 3 is 2.86 bits per heavy atom. The van der Waals surface area contributed by atoms with E-state index in [2.05, 4.69) is 28.6 Å². The lowest BCUT2D eigenvalue weighted by molar-refractivity contribution is 0.682. The molecule has 0 amide bonds. The van der Waals surface area contributed by atoms with Gasteiger partial charge < -0.3 is 5.32 Å². The smallest absolute Gasteiger partial charge is 0.0741 e. The number of halogens is 1. The van der Waals surface area contributed by atoms with Crippen LogP contribution in [-0.4, -0.2) is 15.8 Å². The topological polar surface area (TPSA) is 29.9 Å². The van der Waals surface area contributed by atoms with E-state index in [0.717, 1.165) is 33.7 Å². The molecule has 1 aliphatic rings. The first-order valence-electron chi connectivity index (χ1n) is 7.27. The normalized spacial score (nSPS) is 14.7. The summed E-state index contributed by atoms with van der Waals surface area (Å²) >= 11 is 6.42. The SMILES string of the molecule is Clc1cccc(-n2ncc3ccccc32)c1CNC1CC1. The molecule has 1 aromatic heterocycles. The molecule has 0 radical (unpaired) electrons. The summed E-state index contributed by atoms with van der Waals surface area (Å²) in [6, 6.07) is 14.9. The van der Waals surface area contributed by atoms with E-state index in [-0.39, 0.29) is 0 Å². The van der Waals surface area contributed by atoms with Crippen molar-refractivity contribution in [3.05, 3.63) is 59.2 Å². The third kappa shape index (κ3) is 2.43. The van der Waals surface area contributed by atoms with E-state index in [1.165, 1.54) is 12.8 Å². The van der Waals surface area contributed by atoms with Crippen LogP contribution in [0.5, 0.6) is 0 Å². The molecule has 0 saturated heterocycles. The molecule has 1 fully saturated rings. The molecule has 2 aromatic carbocycles. The number of aromatic nitrogens is 2. The average molecular weight is 298 g/mol. The van der Waals surface area contributed by atoms with Crippen molar-refractivity contribution in [3.63, 3.8) is 0 Å². The Kier molecular flexibility index (Phi) is 3.17. The molecule has 1 N–H and O–H groups in total. The fraction of sp³-hybridized carbons (Fsp3) is 0.235. The van der Waals surface area contributed by atoms with Crippen LogP contribution in [-0.2, 0) is 6.54 Å². The second-order valence-corrected chi connectivity index (χ2v) is 5.92. The van der Waals surface area contributed by atoms with Crippen molar-refractivity contribution >= 4 is 22.5 Å². The lowest BCUT2D eigenvalue weighted by atomic mass is 10.1. The molecule has 21 heavy (non-hydrogen) atoms. The van der Waals surface area contributed by atoms with Gasteiger partial charge in [-0.25, -0.2) is 4.68 Å². The first kappa shape index (κ1) is 12.9. The van der Waals surface area contributed by atoms with Crippen molar-refractivity contribution in [2.45, 2.75) is 25.4 Å². The number of para-hydroxylation sites is 1. The number of rotatable bonds is 4. The maximum absolute atomic E-state index is 6.42. The van der Waals surface area contributed by atoms with Crippen molar-refractivity contribution in [2.24, 2.45) is 0 Å². The van der Waals surface area contributed by atoms with E-state index in [4.69, 9.17) is 11.6 Å². The van der Waals surface area contributed by atoms with Crippen LogP contribution in [0.1, 0.15) is 18.4 Å². The lowest BCUT2D eigenvalue weighted by Crippen LogP contribution is -2.17. The molecule has 4 rings (SSSR count). The molecule has 3 aromatic rings. The van der Waals surface area contributed by atoms with Gasteiger partial charge in [-0.15, -0.1) is 0 Å². The van der Waals surface area contributed by atoms with Gasteiger partial charge in [0.15, 0.2) is 0 Å². The molecule has 1 aliphatic carbocycles. The number of benzene rings is 2. The molecule has 0 bridgehead atoms. The van der Waals surface area contributed by atoms with Gasteiger partial charge in [0, 0.05) is 28.6 Å². The number of nitrogens with one attached hydrogen (secondary N) is 1. The second-order valence-electron chi connectivity index (χ2n) is 5.51. The molecule has 0 unspecified atom stereocenters. The zero-order valence-corrected chi connectivity index (χ0v) is 12.3. The number of nitrogens with zero attached hydrogens (tertiary/aromatic N) is 2. The molecule has 1 saturated carbocycles. The highest BCUT2D eigenvalue weighted by molar-refractivity contribution is 6.31. The summed E-state index contributed by atoms with van der Waals surface area (Å²) in [6.07, 6.45) is 4.43. The summed E-state index contributed by atoms with van der Waals surface area (Å²) in [5, 5.41) is 10.0. The zero-order valence-electron chi connectivity index (χ0n) is 11.6. The van der Waals surface area contributed by atoms with Crippen molar-refractivity contribution < 1.29 is 0 Å². The van der Waals surface area contributed by atoms with Crippen LogP contribution in [0.3, 0.4) is 0 Å².